The van der Waals surface area contributed by atoms with E-state index in [0.29, 0.717) is 0 Å². The highest BCUT2D eigenvalue weighted by atomic mass is 32.2. The summed E-state index contributed by atoms with van der Waals surface area (Å²) in [4.78, 5) is 11.8. The summed E-state index contributed by atoms with van der Waals surface area (Å²) in [6, 6.07) is 5.49. The van der Waals surface area contributed by atoms with Gasteiger partial charge in [0.1, 0.15) is 5.82 Å². The van der Waals surface area contributed by atoms with Crippen molar-refractivity contribution in [1.82, 2.24) is 4.72 Å². The molecule has 0 aliphatic carbocycles. The minimum atomic E-state index is -2.22. The van der Waals surface area contributed by atoms with Crippen LogP contribution in [-0.4, -0.2) is 27.7 Å². The Balaban J connectivity index is 3.33. The molecule has 0 heterocycles. The van der Waals surface area contributed by atoms with E-state index in [1.54, 1.807) is 27.7 Å². The first-order valence-corrected chi connectivity index (χ1v) is 8.44. The van der Waals surface area contributed by atoms with Crippen molar-refractivity contribution >= 4 is 17.0 Å². The van der Waals surface area contributed by atoms with Gasteiger partial charge in [-0.1, -0.05) is 18.2 Å². The van der Waals surface area contributed by atoms with Gasteiger partial charge in [-0.3, -0.25) is 0 Å². The van der Waals surface area contributed by atoms with Gasteiger partial charge in [-0.15, -0.1) is 0 Å². The Bertz CT molecular complexity index is 589. The lowest BCUT2D eigenvalue weighted by Crippen LogP contribution is -2.54. The van der Waals surface area contributed by atoms with Crippen LogP contribution in [0.25, 0.3) is 0 Å². The van der Waals surface area contributed by atoms with E-state index in [0.717, 1.165) is 6.07 Å². The summed E-state index contributed by atoms with van der Waals surface area (Å²) in [7, 11) is -1.72. The van der Waals surface area contributed by atoms with Gasteiger partial charge in [0.05, 0.1) is 27.9 Å². The largest absolute Gasteiger partial charge is 0.464 e. The molecule has 1 rings (SSSR count). The first kappa shape index (κ1) is 19.7. The monoisotopic (exact) mass is 347 g/mol. The molecule has 3 atom stereocenters. The number of ether oxygens (including phenoxy) is 1. The van der Waals surface area contributed by atoms with Crippen molar-refractivity contribution in [3.63, 3.8) is 0 Å². The van der Waals surface area contributed by atoms with Crippen molar-refractivity contribution in [3.8, 4) is 0 Å². The first-order chi connectivity index (χ1) is 10.5. The molecule has 0 saturated heterocycles. The van der Waals surface area contributed by atoms with Gasteiger partial charge in [0.2, 0.25) is 6.17 Å². The molecule has 0 saturated carbocycles. The summed E-state index contributed by atoms with van der Waals surface area (Å²) < 4.78 is 48.0. The molecule has 3 unspecified atom stereocenters. The van der Waals surface area contributed by atoms with Crippen LogP contribution in [0.15, 0.2) is 24.3 Å². The molecule has 23 heavy (non-hydrogen) atoms. The van der Waals surface area contributed by atoms with Gasteiger partial charge in [-0.05, 0) is 40.7 Å². The Hall–Kier alpha value is -1.34. The molecule has 4 nitrogen and oxygen atoms in total. The lowest BCUT2D eigenvalue weighted by Gasteiger charge is -2.35. The normalized spacial score (nSPS) is 17.2. The number of nitrogens with one attached hydrogen (secondary N) is 1. The molecule has 0 aromatic heterocycles. The molecule has 1 aromatic carbocycles. The fourth-order valence-electron chi connectivity index (χ4n) is 1.92. The van der Waals surface area contributed by atoms with Crippen LogP contribution in [-0.2, 0) is 26.1 Å². The van der Waals surface area contributed by atoms with Gasteiger partial charge < -0.3 is 4.74 Å². The first-order valence-electron chi connectivity index (χ1n) is 7.29. The van der Waals surface area contributed by atoms with Crippen LogP contribution in [0, 0.1) is 5.82 Å². The highest BCUT2D eigenvalue weighted by molar-refractivity contribution is 7.84. The van der Waals surface area contributed by atoms with Crippen molar-refractivity contribution in [3.05, 3.63) is 35.6 Å². The third-order valence-corrected chi connectivity index (χ3v) is 5.02. The summed E-state index contributed by atoms with van der Waals surface area (Å²) in [5.41, 5.74) is -1.91. The highest BCUT2D eigenvalue weighted by Gasteiger charge is 2.46. The Morgan fingerprint density at radius 2 is 1.87 bits per heavy atom. The number of hydrogen-bond acceptors (Lipinski definition) is 3. The number of carbonyl (C=O) groups excluding carboxylic acids is 1. The van der Waals surface area contributed by atoms with Crippen LogP contribution in [0.2, 0.25) is 0 Å². The Morgan fingerprint density at radius 1 is 1.30 bits per heavy atom. The molecule has 1 aromatic rings. The predicted molar refractivity (Wildman–Crippen MR) is 86.3 cm³/mol. The SMILES string of the molecule is CCOC(=O)C(F)C(C)(NS(=O)C(C)(C)C)c1ccccc1F. The van der Waals surface area contributed by atoms with Crippen molar-refractivity contribution < 1.29 is 22.5 Å². The molecular formula is C16H23F2NO3S. The number of rotatable bonds is 6. The smallest absolute Gasteiger partial charge is 0.343 e. The molecule has 0 fully saturated rings. The minimum Gasteiger partial charge on any atom is -0.464 e. The summed E-state index contributed by atoms with van der Waals surface area (Å²) in [6.07, 6.45) is -2.22. The zero-order valence-electron chi connectivity index (χ0n) is 14.0. The third kappa shape index (κ3) is 4.57. The second-order valence-corrected chi connectivity index (χ2v) is 8.25. The van der Waals surface area contributed by atoms with Crippen LogP contribution >= 0.6 is 0 Å². The van der Waals surface area contributed by atoms with Crippen molar-refractivity contribution in [2.45, 2.75) is 51.1 Å². The molecule has 0 aliphatic heterocycles. The van der Waals surface area contributed by atoms with Gasteiger partial charge in [-0.2, -0.15) is 0 Å². The van der Waals surface area contributed by atoms with E-state index in [-0.39, 0.29) is 12.2 Å². The number of hydrogen-bond donors (Lipinski definition) is 1. The van der Waals surface area contributed by atoms with E-state index in [1.807, 2.05) is 0 Å². The highest BCUT2D eigenvalue weighted by Crippen LogP contribution is 2.31. The van der Waals surface area contributed by atoms with E-state index >= 15 is 0 Å². The molecule has 7 heteroatoms. The zero-order chi connectivity index (χ0) is 17.8. The molecule has 1 N–H and O–H groups in total. The summed E-state index contributed by atoms with van der Waals surface area (Å²) in [6.45, 7) is 7.91. The van der Waals surface area contributed by atoms with Gasteiger partial charge in [-0.25, -0.2) is 22.5 Å². The summed E-state index contributed by atoms with van der Waals surface area (Å²) in [5, 5.41) is 0. The lowest BCUT2D eigenvalue weighted by molar-refractivity contribution is -0.152. The van der Waals surface area contributed by atoms with E-state index in [4.69, 9.17) is 4.74 Å². The standard InChI is InChI=1S/C16H23F2NO3S/c1-6-22-14(20)13(18)16(5,19-23(21)15(2,3)4)11-9-7-8-10-12(11)17/h7-10,13,19H,6H2,1-5H3. The molecule has 0 radical (unpaired) electrons. The average molecular weight is 347 g/mol. The number of carbonyl (C=O) groups is 1. The fraction of sp³-hybridized carbons (Fsp3) is 0.562. The van der Waals surface area contributed by atoms with Crippen molar-refractivity contribution in [2.75, 3.05) is 6.61 Å². The fourth-order valence-corrected chi connectivity index (χ4v) is 2.83. The van der Waals surface area contributed by atoms with E-state index < -0.39 is 39.2 Å². The Morgan fingerprint density at radius 3 is 2.35 bits per heavy atom. The van der Waals surface area contributed by atoms with Gasteiger partial charge in [0.15, 0.2) is 0 Å². The maximum atomic E-state index is 14.8. The van der Waals surface area contributed by atoms with Crippen molar-refractivity contribution in [1.29, 1.82) is 0 Å². The van der Waals surface area contributed by atoms with Gasteiger partial charge in [0, 0.05) is 5.56 Å². The van der Waals surface area contributed by atoms with Crippen LogP contribution in [0.5, 0.6) is 0 Å². The number of esters is 1. The van der Waals surface area contributed by atoms with E-state index in [1.165, 1.54) is 25.1 Å². The number of halogens is 2. The van der Waals surface area contributed by atoms with Crippen molar-refractivity contribution in [2.24, 2.45) is 0 Å². The maximum Gasteiger partial charge on any atom is 0.343 e. The molecule has 0 bridgehead atoms. The molecule has 0 aliphatic rings. The topological polar surface area (TPSA) is 55.4 Å². The third-order valence-electron chi connectivity index (χ3n) is 3.29. The quantitative estimate of drug-likeness (QED) is 0.805. The average Bonchev–Trinajstić information content (AvgIpc) is 2.45. The van der Waals surface area contributed by atoms with Crippen LogP contribution < -0.4 is 4.72 Å². The van der Waals surface area contributed by atoms with Crippen LogP contribution in [0.1, 0.15) is 40.2 Å². The number of alkyl halides is 1. The Kier molecular flexibility index (Phi) is 6.41. The maximum absolute atomic E-state index is 14.8. The second-order valence-electron chi connectivity index (χ2n) is 6.28. The second kappa shape index (κ2) is 7.49. The van der Waals surface area contributed by atoms with Gasteiger partial charge >= 0.3 is 5.97 Å². The lowest BCUT2D eigenvalue weighted by atomic mass is 9.88. The van der Waals surface area contributed by atoms with E-state index in [2.05, 4.69) is 4.72 Å². The summed E-state index contributed by atoms with van der Waals surface area (Å²) >= 11 is 0. The molecule has 130 valence electrons. The molecule has 0 spiro atoms. The zero-order valence-corrected chi connectivity index (χ0v) is 14.8. The van der Waals surface area contributed by atoms with Crippen LogP contribution in [0.4, 0.5) is 8.78 Å². The number of benzene rings is 1. The van der Waals surface area contributed by atoms with Crippen LogP contribution in [0.3, 0.4) is 0 Å². The summed E-state index contributed by atoms with van der Waals surface area (Å²) in [5.74, 6) is -1.82. The predicted octanol–water partition coefficient (Wildman–Crippen LogP) is 2.99. The molecular weight excluding hydrogens is 324 g/mol. The van der Waals surface area contributed by atoms with E-state index in [9.17, 15) is 17.8 Å². The molecule has 0 amide bonds. The van der Waals surface area contributed by atoms with Gasteiger partial charge in [0.25, 0.3) is 0 Å². The minimum absolute atomic E-state index is 0.00499. The Labute approximate surface area is 138 Å².